The Hall–Kier alpha value is -3.27. The number of imide groups is 1. The number of amidine groups is 1. The maximum atomic E-state index is 12.9. The molecule has 4 amide bonds. The number of hydrogen-bond acceptors (Lipinski definition) is 7. The smallest absolute Gasteiger partial charge is 0.445 e. The molecule has 0 aromatic heterocycles. The minimum Gasteiger partial charge on any atom is -0.465 e. The molecule has 0 aliphatic carbocycles. The summed E-state index contributed by atoms with van der Waals surface area (Å²) >= 11 is 1.26. The van der Waals surface area contributed by atoms with Crippen LogP contribution in [0, 0.1) is 11.8 Å². The first-order valence-electron chi connectivity index (χ1n) is 9.97. The zero-order valence-corrected chi connectivity index (χ0v) is 19.4. The second-order valence-corrected chi connectivity index (χ2v) is 8.69. The summed E-state index contributed by atoms with van der Waals surface area (Å²) in [6, 6.07) is 5.93. The van der Waals surface area contributed by atoms with E-state index < -0.39 is 17.9 Å². The first-order chi connectivity index (χ1) is 15.1. The summed E-state index contributed by atoms with van der Waals surface area (Å²) in [6.45, 7) is 3.98. The van der Waals surface area contributed by atoms with Crippen LogP contribution in [0.15, 0.2) is 39.7 Å². The van der Waals surface area contributed by atoms with Crippen molar-refractivity contribution in [1.82, 2.24) is 4.90 Å². The highest BCUT2D eigenvalue weighted by Crippen LogP contribution is 2.37. The van der Waals surface area contributed by atoms with E-state index in [1.807, 2.05) is 13.8 Å². The molecule has 1 unspecified atom stereocenters. The lowest BCUT2D eigenvalue weighted by Crippen LogP contribution is -2.53. The summed E-state index contributed by atoms with van der Waals surface area (Å²) in [5, 5.41) is 2.78. The topological polar surface area (TPSA) is 108 Å². The number of rotatable bonds is 6. The number of fused-ring (bicyclic) bond motifs is 1. The van der Waals surface area contributed by atoms with Crippen molar-refractivity contribution in [3.8, 4) is 0 Å². The third kappa shape index (κ3) is 4.50. The molecule has 1 N–H and O–H groups in total. The number of nitrogens with zero attached hydrogens (tertiary/aromatic N) is 3. The van der Waals surface area contributed by atoms with Gasteiger partial charge in [-0.2, -0.15) is 9.48 Å². The van der Waals surface area contributed by atoms with Crippen molar-refractivity contribution in [2.75, 3.05) is 32.3 Å². The van der Waals surface area contributed by atoms with Gasteiger partial charge in [-0.1, -0.05) is 13.8 Å². The van der Waals surface area contributed by atoms with Crippen molar-refractivity contribution in [2.24, 2.45) is 16.8 Å². The molecule has 3 rings (SSSR count). The summed E-state index contributed by atoms with van der Waals surface area (Å²) in [6.07, 6.45) is 1.67. The molecule has 32 heavy (non-hydrogen) atoms. The second kappa shape index (κ2) is 9.47. The number of carbonyl (C=O) groups excluding carboxylic acids is 4. The lowest BCUT2D eigenvalue weighted by molar-refractivity contribution is -0.407. The highest BCUT2D eigenvalue weighted by atomic mass is 32.2. The van der Waals surface area contributed by atoms with E-state index in [2.05, 4.69) is 15.0 Å². The number of ether oxygens (including phenoxy) is 1. The fourth-order valence-corrected chi connectivity index (χ4v) is 4.61. The lowest BCUT2D eigenvalue weighted by atomic mass is 9.93. The van der Waals surface area contributed by atoms with Crippen LogP contribution >= 0.6 is 11.8 Å². The Morgan fingerprint density at radius 1 is 1.25 bits per heavy atom. The Balaban J connectivity index is 1.79. The van der Waals surface area contributed by atoms with Crippen LogP contribution in [0.2, 0.25) is 0 Å². The summed E-state index contributed by atoms with van der Waals surface area (Å²) < 4.78 is 6.03. The van der Waals surface area contributed by atoms with E-state index in [-0.39, 0.29) is 23.5 Å². The van der Waals surface area contributed by atoms with Gasteiger partial charge in [-0.3, -0.25) is 9.59 Å². The number of benzene rings is 1. The van der Waals surface area contributed by atoms with Crippen LogP contribution in [0.1, 0.15) is 24.2 Å². The van der Waals surface area contributed by atoms with E-state index in [9.17, 15) is 19.2 Å². The van der Waals surface area contributed by atoms with Gasteiger partial charge in [-0.25, -0.2) is 9.59 Å². The van der Waals surface area contributed by atoms with Crippen LogP contribution in [0.5, 0.6) is 0 Å². The number of hydrogen-bond donors (Lipinski definition) is 1. The van der Waals surface area contributed by atoms with Crippen LogP contribution in [-0.4, -0.2) is 72.3 Å². The van der Waals surface area contributed by atoms with Gasteiger partial charge in [0.05, 0.1) is 32.5 Å². The molecule has 9 nitrogen and oxygen atoms in total. The SMILES string of the molecule is COC(=O)c1ccc(NC(=O)CSC2=C(C(C)C)C=NC3=[N+](C)C(=O)N(C)C(=O)C23)cc1. The van der Waals surface area contributed by atoms with Gasteiger partial charge in [0.15, 0.2) is 5.92 Å². The molecule has 2 heterocycles. The van der Waals surface area contributed by atoms with E-state index in [1.54, 1.807) is 37.5 Å². The van der Waals surface area contributed by atoms with Crippen LogP contribution in [-0.2, 0) is 14.3 Å². The maximum absolute atomic E-state index is 12.9. The van der Waals surface area contributed by atoms with Gasteiger partial charge in [-0.05, 0) is 30.2 Å². The summed E-state index contributed by atoms with van der Waals surface area (Å²) in [5.74, 6) is -1.29. The van der Waals surface area contributed by atoms with Crippen LogP contribution < -0.4 is 5.32 Å². The molecule has 0 bridgehead atoms. The number of methoxy groups -OCH3 is 1. The molecule has 0 spiro atoms. The van der Waals surface area contributed by atoms with Crippen molar-refractivity contribution in [2.45, 2.75) is 13.8 Å². The van der Waals surface area contributed by atoms with Gasteiger partial charge >= 0.3 is 17.9 Å². The molecular weight excluding hydrogens is 432 g/mol. The third-order valence-electron chi connectivity index (χ3n) is 5.21. The monoisotopic (exact) mass is 457 g/mol. The molecule has 0 saturated carbocycles. The van der Waals surface area contributed by atoms with Gasteiger partial charge in [0.2, 0.25) is 5.91 Å². The number of carbonyl (C=O) groups is 4. The number of dihydropyridines is 1. The molecule has 2 aliphatic heterocycles. The molecule has 1 aromatic carbocycles. The van der Waals surface area contributed by atoms with Gasteiger partial charge in [-0.15, -0.1) is 16.8 Å². The predicted octanol–water partition coefficient (Wildman–Crippen LogP) is 2.39. The molecule has 1 aromatic rings. The van der Waals surface area contributed by atoms with Gasteiger partial charge in [0.25, 0.3) is 5.84 Å². The van der Waals surface area contributed by atoms with Crippen LogP contribution in [0.25, 0.3) is 0 Å². The predicted molar refractivity (Wildman–Crippen MR) is 122 cm³/mol. The Morgan fingerprint density at radius 3 is 2.50 bits per heavy atom. The summed E-state index contributed by atoms with van der Waals surface area (Å²) in [4.78, 5) is 55.5. The molecule has 1 atom stereocenters. The molecule has 0 radical (unpaired) electrons. The number of urea groups is 1. The number of thioether (sulfide) groups is 1. The Kier molecular flexibility index (Phi) is 6.93. The first kappa shape index (κ1) is 23.4. The number of allylic oxidation sites excluding steroid dienone is 1. The van der Waals surface area contributed by atoms with E-state index >= 15 is 0 Å². The fourth-order valence-electron chi connectivity index (χ4n) is 3.42. The minimum absolute atomic E-state index is 0.0661. The van der Waals surface area contributed by atoms with E-state index in [1.165, 1.54) is 30.5 Å². The Bertz CT molecular complexity index is 1070. The quantitative estimate of drug-likeness (QED) is 0.519. The number of anilines is 1. The molecule has 0 saturated heterocycles. The van der Waals surface area contributed by atoms with Crippen molar-refractivity contribution in [1.29, 1.82) is 0 Å². The van der Waals surface area contributed by atoms with Crippen LogP contribution in [0.3, 0.4) is 0 Å². The number of aliphatic imine (C=N–C) groups is 1. The van der Waals surface area contributed by atoms with Crippen molar-refractivity contribution in [3.63, 3.8) is 0 Å². The molecule has 168 valence electrons. The summed E-state index contributed by atoms with van der Waals surface area (Å²) in [7, 11) is 4.33. The average Bonchev–Trinajstić information content (AvgIpc) is 2.79. The van der Waals surface area contributed by atoms with Crippen LogP contribution in [0.4, 0.5) is 10.5 Å². The number of amides is 4. The highest BCUT2D eigenvalue weighted by Gasteiger charge is 2.48. The van der Waals surface area contributed by atoms with Gasteiger partial charge < -0.3 is 10.1 Å². The number of esters is 1. The normalized spacial score (nSPS) is 18.3. The lowest BCUT2D eigenvalue weighted by Gasteiger charge is -2.29. The second-order valence-electron chi connectivity index (χ2n) is 7.67. The average molecular weight is 458 g/mol. The minimum atomic E-state index is -0.720. The summed E-state index contributed by atoms with van der Waals surface area (Å²) in [5.41, 5.74) is 1.79. The highest BCUT2D eigenvalue weighted by molar-refractivity contribution is 8.03. The molecular formula is C22H25N4O5S+. The van der Waals surface area contributed by atoms with Crippen molar-refractivity contribution < 1.29 is 28.5 Å². The van der Waals surface area contributed by atoms with E-state index in [0.717, 1.165) is 15.4 Å². The van der Waals surface area contributed by atoms with Gasteiger partial charge in [0.1, 0.15) is 6.21 Å². The standard InChI is InChI=1S/C22H24N4O5S/c1-12(2)15-10-23-19-17(20(28)26(4)22(30)25(19)3)18(15)32-11-16(27)24-14-8-6-13(7-9-14)21(29)31-5/h6-10,12,17H,11H2,1-5H3/p+1. The maximum Gasteiger partial charge on any atom is 0.445 e. The first-order valence-corrected chi connectivity index (χ1v) is 11.0. The van der Waals surface area contributed by atoms with E-state index in [4.69, 9.17) is 0 Å². The van der Waals surface area contributed by atoms with Gasteiger partial charge in [0, 0.05) is 16.2 Å². The fraction of sp³-hybridized carbons (Fsp3) is 0.364. The van der Waals surface area contributed by atoms with E-state index in [0.29, 0.717) is 17.1 Å². The zero-order chi connectivity index (χ0) is 23.6. The zero-order valence-electron chi connectivity index (χ0n) is 18.5. The molecule has 10 heteroatoms. The molecule has 2 aliphatic rings. The number of nitrogens with one attached hydrogen (secondary N) is 1. The third-order valence-corrected chi connectivity index (χ3v) is 6.40. The largest absolute Gasteiger partial charge is 0.465 e. The Morgan fingerprint density at radius 2 is 1.91 bits per heavy atom. The Labute approximate surface area is 190 Å². The van der Waals surface area contributed by atoms with Crippen molar-refractivity contribution >= 4 is 53.3 Å². The van der Waals surface area contributed by atoms with Crippen molar-refractivity contribution in [3.05, 3.63) is 40.3 Å². The molecule has 0 fully saturated rings.